The molecule has 0 bridgehead atoms. The zero-order chi connectivity index (χ0) is 14.7. The fraction of sp³-hybridized carbons (Fsp3) is 0.143. The molecule has 3 aromatic rings. The maximum atomic E-state index is 5.66. The number of aromatic nitrogens is 5. The Labute approximate surface area is 121 Å². The number of nitrogens with two attached hydrogens (primary N) is 1. The van der Waals surface area contributed by atoms with E-state index in [1.54, 1.807) is 10.9 Å². The van der Waals surface area contributed by atoms with Gasteiger partial charge in [-0.2, -0.15) is 20.1 Å². The lowest BCUT2D eigenvalue weighted by Crippen LogP contribution is -2.09. The van der Waals surface area contributed by atoms with Gasteiger partial charge >= 0.3 is 6.01 Å². The Hall–Kier alpha value is -2.96. The molecule has 7 nitrogen and oxygen atoms in total. The van der Waals surface area contributed by atoms with Crippen molar-refractivity contribution in [1.29, 1.82) is 0 Å². The summed E-state index contributed by atoms with van der Waals surface area (Å²) in [6, 6.07) is 10.1. The summed E-state index contributed by atoms with van der Waals surface area (Å²) in [5.41, 5.74) is 7.69. The number of nitrogen functional groups attached to an aromatic ring is 1. The lowest BCUT2D eigenvalue weighted by Gasteiger charge is -2.04. The molecule has 2 aromatic heterocycles. The lowest BCUT2D eigenvalue weighted by molar-refractivity contribution is 0.311. The zero-order valence-corrected chi connectivity index (χ0v) is 11.5. The van der Waals surface area contributed by atoms with Crippen LogP contribution in [-0.4, -0.2) is 31.3 Å². The summed E-state index contributed by atoms with van der Waals surface area (Å²) in [5, 5.41) is 4.26. The number of hydrogen-bond acceptors (Lipinski definition) is 6. The van der Waals surface area contributed by atoms with Crippen molar-refractivity contribution in [1.82, 2.24) is 24.7 Å². The molecule has 0 aliphatic carbocycles. The summed E-state index contributed by atoms with van der Waals surface area (Å²) in [4.78, 5) is 12.2. The maximum absolute atomic E-state index is 5.66. The van der Waals surface area contributed by atoms with Crippen LogP contribution in [0.2, 0.25) is 0 Å². The van der Waals surface area contributed by atoms with E-state index in [1.807, 2.05) is 43.5 Å². The zero-order valence-electron chi connectivity index (χ0n) is 11.5. The summed E-state index contributed by atoms with van der Waals surface area (Å²) in [6.07, 6.45) is 3.58. The third kappa shape index (κ3) is 2.81. The van der Waals surface area contributed by atoms with E-state index < -0.39 is 0 Å². The van der Waals surface area contributed by atoms with Crippen molar-refractivity contribution in [2.24, 2.45) is 0 Å². The van der Waals surface area contributed by atoms with Crippen LogP contribution in [0.4, 0.5) is 5.95 Å². The maximum Gasteiger partial charge on any atom is 0.323 e. The summed E-state index contributed by atoms with van der Waals surface area (Å²) in [6.45, 7) is 2.30. The molecule has 0 aliphatic heterocycles. The molecule has 21 heavy (non-hydrogen) atoms. The number of anilines is 1. The van der Waals surface area contributed by atoms with Gasteiger partial charge in [0.05, 0.1) is 12.8 Å². The van der Waals surface area contributed by atoms with Gasteiger partial charge in [0.1, 0.15) is 0 Å². The fourth-order valence-corrected chi connectivity index (χ4v) is 1.87. The van der Waals surface area contributed by atoms with E-state index in [1.165, 1.54) is 0 Å². The first-order valence-corrected chi connectivity index (χ1v) is 6.51. The molecule has 3 rings (SSSR count). The molecule has 2 N–H and O–H groups in total. The van der Waals surface area contributed by atoms with E-state index in [0.29, 0.717) is 12.6 Å². The van der Waals surface area contributed by atoms with Crippen LogP contribution in [0.5, 0.6) is 6.01 Å². The molecule has 0 saturated heterocycles. The Morgan fingerprint density at radius 2 is 1.90 bits per heavy atom. The van der Waals surface area contributed by atoms with Gasteiger partial charge in [-0.1, -0.05) is 30.3 Å². The lowest BCUT2D eigenvalue weighted by atomic mass is 10.1. The molecular formula is C14H14N6O. The molecule has 0 radical (unpaired) electrons. The number of rotatable bonds is 4. The predicted molar refractivity (Wildman–Crippen MR) is 78.0 cm³/mol. The summed E-state index contributed by atoms with van der Waals surface area (Å²) in [5.74, 6) is 0.424. The molecule has 2 heterocycles. The van der Waals surface area contributed by atoms with E-state index >= 15 is 0 Å². The topological polar surface area (TPSA) is 91.7 Å². The van der Waals surface area contributed by atoms with Gasteiger partial charge in [-0.05, 0) is 12.5 Å². The molecular weight excluding hydrogens is 268 g/mol. The first kappa shape index (κ1) is 13.0. The Bertz CT molecular complexity index is 740. The predicted octanol–water partition coefficient (Wildman–Crippen LogP) is 1.71. The number of nitrogens with zero attached hydrogens (tertiary/aromatic N) is 5. The SMILES string of the molecule is CCOc1nc(N)nc(-n2cc(-c3ccccc3)cn2)n1. The van der Waals surface area contributed by atoms with Crippen LogP contribution in [0.3, 0.4) is 0 Å². The quantitative estimate of drug-likeness (QED) is 0.783. The highest BCUT2D eigenvalue weighted by Gasteiger charge is 2.09. The second-order valence-electron chi connectivity index (χ2n) is 4.25. The average Bonchev–Trinajstić information content (AvgIpc) is 2.98. The van der Waals surface area contributed by atoms with Gasteiger partial charge in [-0.25, -0.2) is 4.68 Å². The highest BCUT2D eigenvalue weighted by atomic mass is 16.5. The van der Waals surface area contributed by atoms with Crippen LogP contribution in [-0.2, 0) is 0 Å². The first-order chi connectivity index (χ1) is 10.3. The van der Waals surface area contributed by atoms with Crippen LogP contribution >= 0.6 is 0 Å². The van der Waals surface area contributed by atoms with Gasteiger partial charge in [-0.3, -0.25) is 0 Å². The molecule has 0 fully saturated rings. The minimum atomic E-state index is 0.0974. The normalized spacial score (nSPS) is 10.5. The van der Waals surface area contributed by atoms with Crippen molar-refractivity contribution in [3.8, 4) is 23.1 Å². The van der Waals surface area contributed by atoms with E-state index in [0.717, 1.165) is 11.1 Å². The monoisotopic (exact) mass is 282 g/mol. The minimum Gasteiger partial charge on any atom is -0.464 e. The molecule has 0 spiro atoms. The van der Waals surface area contributed by atoms with Gasteiger partial charge in [0, 0.05) is 11.8 Å². The third-order valence-corrected chi connectivity index (χ3v) is 2.79. The van der Waals surface area contributed by atoms with E-state index in [9.17, 15) is 0 Å². The third-order valence-electron chi connectivity index (χ3n) is 2.79. The van der Waals surface area contributed by atoms with Crippen molar-refractivity contribution in [2.75, 3.05) is 12.3 Å². The van der Waals surface area contributed by atoms with Crippen molar-refractivity contribution < 1.29 is 4.74 Å². The number of ether oxygens (including phenoxy) is 1. The Morgan fingerprint density at radius 1 is 1.10 bits per heavy atom. The molecule has 0 aliphatic rings. The molecule has 106 valence electrons. The van der Waals surface area contributed by atoms with Crippen molar-refractivity contribution in [3.63, 3.8) is 0 Å². The molecule has 7 heteroatoms. The minimum absolute atomic E-state index is 0.0974. The van der Waals surface area contributed by atoms with Gasteiger partial charge < -0.3 is 10.5 Å². The summed E-state index contributed by atoms with van der Waals surface area (Å²) >= 11 is 0. The molecule has 1 aromatic carbocycles. The van der Waals surface area contributed by atoms with Crippen LogP contribution < -0.4 is 10.5 Å². The van der Waals surface area contributed by atoms with Crippen molar-refractivity contribution in [3.05, 3.63) is 42.7 Å². The average molecular weight is 282 g/mol. The first-order valence-electron chi connectivity index (χ1n) is 6.51. The highest BCUT2D eigenvalue weighted by molar-refractivity contribution is 5.61. The molecule has 0 unspecified atom stereocenters. The standard InChI is InChI=1S/C14H14N6O/c1-2-21-14-18-12(15)17-13(19-14)20-9-11(8-16-20)10-6-4-3-5-7-10/h3-9H,2H2,1H3,(H2,15,17,18,19). The second kappa shape index (κ2) is 5.58. The van der Waals surface area contributed by atoms with E-state index in [-0.39, 0.29) is 12.0 Å². The van der Waals surface area contributed by atoms with E-state index in [2.05, 4.69) is 20.1 Å². The highest BCUT2D eigenvalue weighted by Crippen LogP contribution is 2.19. The van der Waals surface area contributed by atoms with Crippen molar-refractivity contribution >= 4 is 5.95 Å². The molecule has 0 saturated carbocycles. The smallest absolute Gasteiger partial charge is 0.323 e. The summed E-state index contributed by atoms with van der Waals surface area (Å²) in [7, 11) is 0. The molecule has 0 amide bonds. The second-order valence-corrected chi connectivity index (χ2v) is 4.25. The Balaban J connectivity index is 1.96. The van der Waals surface area contributed by atoms with Gasteiger partial charge in [-0.15, -0.1) is 0 Å². The summed E-state index contributed by atoms with van der Waals surface area (Å²) < 4.78 is 6.80. The Kier molecular flexibility index (Phi) is 3.46. The molecule has 0 atom stereocenters. The number of benzene rings is 1. The van der Waals surface area contributed by atoms with Crippen LogP contribution in [0.15, 0.2) is 42.7 Å². The van der Waals surface area contributed by atoms with Gasteiger partial charge in [0.2, 0.25) is 5.95 Å². The number of hydrogen-bond donors (Lipinski definition) is 1. The van der Waals surface area contributed by atoms with Crippen LogP contribution in [0, 0.1) is 0 Å². The van der Waals surface area contributed by atoms with Crippen molar-refractivity contribution in [2.45, 2.75) is 6.92 Å². The van der Waals surface area contributed by atoms with Crippen LogP contribution in [0.25, 0.3) is 17.1 Å². The largest absolute Gasteiger partial charge is 0.464 e. The van der Waals surface area contributed by atoms with Gasteiger partial charge in [0.15, 0.2) is 0 Å². The van der Waals surface area contributed by atoms with E-state index in [4.69, 9.17) is 10.5 Å². The van der Waals surface area contributed by atoms with Crippen LogP contribution in [0.1, 0.15) is 6.92 Å². The Morgan fingerprint density at radius 3 is 2.67 bits per heavy atom. The fourth-order valence-electron chi connectivity index (χ4n) is 1.87. The van der Waals surface area contributed by atoms with Gasteiger partial charge in [0.25, 0.3) is 5.95 Å².